The third-order valence-corrected chi connectivity index (χ3v) is 3.41. The Labute approximate surface area is 142 Å². The molecule has 0 saturated carbocycles. The van der Waals surface area contributed by atoms with Crippen LogP contribution < -0.4 is 15.6 Å². The molecule has 0 saturated heterocycles. The van der Waals surface area contributed by atoms with Gasteiger partial charge in [-0.05, 0) is 77.3 Å². The fraction of sp³-hybridized carbons (Fsp3) is 0.500. The number of benzene rings is 1. The highest BCUT2D eigenvalue weighted by molar-refractivity contribution is 9.11. The number of carbonyl (C=O) groups excluding carboxylic acids is 1. The van der Waals surface area contributed by atoms with E-state index in [1.54, 1.807) is 0 Å². The van der Waals surface area contributed by atoms with Crippen molar-refractivity contribution in [3.05, 3.63) is 26.6 Å². The van der Waals surface area contributed by atoms with Gasteiger partial charge in [-0.1, -0.05) is 0 Å². The fourth-order valence-corrected chi connectivity index (χ4v) is 3.03. The summed E-state index contributed by atoms with van der Waals surface area (Å²) in [5, 5.41) is 0. The maximum absolute atomic E-state index is 11.5. The molecule has 1 aromatic rings. The molecule has 0 radical (unpaired) electrons. The van der Waals surface area contributed by atoms with Crippen LogP contribution in [0.5, 0.6) is 5.75 Å². The highest BCUT2D eigenvalue weighted by Crippen LogP contribution is 2.34. The molecule has 0 aromatic heterocycles. The van der Waals surface area contributed by atoms with E-state index in [-0.39, 0.29) is 0 Å². The summed E-state index contributed by atoms with van der Waals surface area (Å²) < 4.78 is 12.3. The topological polar surface area (TPSA) is 59.6 Å². The lowest BCUT2D eigenvalue weighted by molar-refractivity contribution is 0.0497. The molecule has 0 aliphatic rings. The minimum atomic E-state index is -0.517. The second kappa shape index (κ2) is 8.00. The lowest BCUT2D eigenvalue weighted by Crippen LogP contribution is -2.40. The molecule has 1 amide bonds. The number of amides is 1. The molecular formula is C14H20Br2N2O3. The Morgan fingerprint density at radius 1 is 1.24 bits per heavy atom. The molecular weight excluding hydrogens is 404 g/mol. The van der Waals surface area contributed by atoms with E-state index in [1.165, 1.54) is 0 Å². The molecule has 0 aliphatic carbocycles. The van der Waals surface area contributed by atoms with Gasteiger partial charge in [0.2, 0.25) is 0 Å². The van der Waals surface area contributed by atoms with E-state index in [9.17, 15) is 4.79 Å². The van der Waals surface area contributed by atoms with Crippen LogP contribution in [0, 0.1) is 0 Å². The Kier molecular flexibility index (Phi) is 6.96. The first kappa shape index (κ1) is 18.3. The van der Waals surface area contributed by atoms with Crippen molar-refractivity contribution in [2.24, 2.45) is 0 Å². The van der Waals surface area contributed by atoms with Crippen LogP contribution in [0.15, 0.2) is 21.1 Å². The van der Waals surface area contributed by atoms with Crippen LogP contribution in [0.1, 0.15) is 33.3 Å². The zero-order valence-electron chi connectivity index (χ0n) is 12.5. The summed E-state index contributed by atoms with van der Waals surface area (Å²) >= 11 is 6.93. The number of halogens is 2. The van der Waals surface area contributed by atoms with Crippen molar-refractivity contribution >= 4 is 38.0 Å². The monoisotopic (exact) mass is 422 g/mol. The highest BCUT2D eigenvalue weighted by atomic mass is 79.9. The Morgan fingerprint density at radius 2 is 1.81 bits per heavy atom. The van der Waals surface area contributed by atoms with Crippen molar-refractivity contribution in [1.82, 2.24) is 10.9 Å². The lowest BCUT2D eigenvalue weighted by Gasteiger charge is -2.20. The standard InChI is InChI=1S/C14H20Br2N2O3/c1-5-20-12-10(15)6-9(7-11(12)16)8-17-18-13(19)21-14(2,3)4/h6-7,17H,5,8H2,1-4H3,(H,18,19). The predicted octanol–water partition coefficient (Wildman–Crippen LogP) is 4.14. The molecule has 1 rings (SSSR count). The number of rotatable bonds is 5. The van der Waals surface area contributed by atoms with Crippen molar-refractivity contribution in [3.63, 3.8) is 0 Å². The van der Waals surface area contributed by atoms with Crippen LogP contribution >= 0.6 is 31.9 Å². The van der Waals surface area contributed by atoms with Crippen LogP contribution in [0.25, 0.3) is 0 Å². The summed E-state index contributed by atoms with van der Waals surface area (Å²) in [7, 11) is 0. The maximum Gasteiger partial charge on any atom is 0.422 e. The van der Waals surface area contributed by atoms with Gasteiger partial charge < -0.3 is 9.47 Å². The Balaban J connectivity index is 2.55. The number of nitrogens with one attached hydrogen (secondary N) is 2. The maximum atomic E-state index is 11.5. The molecule has 118 valence electrons. The molecule has 2 N–H and O–H groups in total. The minimum absolute atomic E-state index is 0.461. The molecule has 0 bridgehead atoms. The summed E-state index contributed by atoms with van der Waals surface area (Å²) in [6, 6.07) is 3.86. The number of hydrazine groups is 1. The van der Waals surface area contributed by atoms with Crippen molar-refractivity contribution in [2.75, 3.05) is 6.61 Å². The summed E-state index contributed by atoms with van der Waals surface area (Å²) in [5.74, 6) is 0.765. The summed E-state index contributed by atoms with van der Waals surface area (Å²) in [4.78, 5) is 11.5. The summed E-state index contributed by atoms with van der Waals surface area (Å²) in [5.41, 5.74) is 5.78. The van der Waals surface area contributed by atoms with Gasteiger partial charge in [0.25, 0.3) is 0 Å². The second-order valence-corrected chi connectivity index (χ2v) is 7.01. The van der Waals surface area contributed by atoms with Gasteiger partial charge in [0.1, 0.15) is 11.4 Å². The van der Waals surface area contributed by atoms with E-state index in [0.717, 1.165) is 20.3 Å². The average molecular weight is 424 g/mol. The van der Waals surface area contributed by atoms with Gasteiger partial charge in [-0.3, -0.25) is 5.43 Å². The molecule has 0 spiro atoms. The van der Waals surface area contributed by atoms with Gasteiger partial charge in [0, 0.05) is 6.54 Å². The van der Waals surface area contributed by atoms with E-state index in [2.05, 4.69) is 42.7 Å². The van der Waals surface area contributed by atoms with Gasteiger partial charge in [0.15, 0.2) is 0 Å². The molecule has 0 fully saturated rings. The molecule has 1 aromatic carbocycles. The first-order chi connectivity index (χ1) is 9.73. The molecule has 0 aliphatic heterocycles. The lowest BCUT2D eigenvalue weighted by atomic mass is 10.2. The molecule has 0 unspecified atom stereocenters. The molecule has 0 heterocycles. The number of carbonyl (C=O) groups is 1. The Bertz CT molecular complexity index is 478. The fourth-order valence-electron chi connectivity index (χ4n) is 1.52. The normalized spacial score (nSPS) is 11.1. The van der Waals surface area contributed by atoms with Gasteiger partial charge in [0.05, 0.1) is 15.6 Å². The van der Waals surface area contributed by atoms with Gasteiger partial charge in [-0.25, -0.2) is 10.2 Å². The van der Waals surface area contributed by atoms with E-state index >= 15 is 0 Å². The van der Waals surface area contributed by atoms with Crippen molar-refractivity contribution in [1.29, 1.82) is 0 Å². The Hall–Kier alpha value is -0.790. The summed E-state index contributed by atoms with van der Waals surface area (Å²) in [6.45, 7) is 8.42. The zero-order valence-corrected chi connectivity index (χ0v) is 15.7. The molecule has 0 atom stereocenters. The van der Waals surface area contributed by atoms with Crippen LogP contribution in [-0.4, -0.2) is 18.3 Å². The third-order valence-electron chi connectivity index (χ3n) is 2.23. The van der Waals surface area contributed by atoms with Gasteiger partial charge >= 0.3 is 6.09 Å². The van der Waals surface area contributed by atoms with Crippen LogP contribution in [0.3, 0.4) is 0 Å². The predicted molar refractivity (Wildman–Crippen MR) is 89.2 cm³/mol. The smallest absolute Gasteiger partial charge is 0.422 e. The molecule has 5 nitrogen and oxygen atoms in total. The first-order valence-electron chi connectivity index (χ1n) is 6.55. The quantitative estimate of drug-likeness (QED) is 0.698. The Morgan fingerprint density at radius 3 is 2.29 bits per heavy atom. The average Bonchev–Trinajstić information content (AvgIpc) is 2.31. The van der Waals surface area contributed by atoms with Gasteiger partial charge in [-0.2, -0.15) is 0 Å². The SMILES string of the molecule is CCOc1c(Br)cc(CNNC(=O)OC(C)(C)C)cc1Br. The van der Waals surface area contributed by atoms with E-state index < -0.39 is 11.7 Å². The van der Waals surface area contributed by atoms with Crippen molar-refractivity contribution in [3.8, 4) is 5.75 Å². The number of hydrogen-bond donors (Lipinski definition) is 2. The van der Waals surface area contributed by atoms with E-state index in [0.29, 0.717) is 13.2 Å². The summed E-state index contributed by atoms with van der Waals surface area (Å²) in [6.07, 6.45) is -0.508. The largest absolute Gasteiger partial charge is 0.492 e. The van der Waals surface area contributed by atoms with Crippen molar-refractivity contribution < 1.29 is 14.3 Å². The van der Waals surface area contributed by atoms with Crippen molar-refractivity contribution in [2.45, 2.75) is 39.8 Å². The number of hydrogen-bond acceptors (Lipinski definition) is 4. The van der Waals surface area contributed by atoms with Crippen LogP contribution in [-0.2, 0) is 11.3 Å². The van der Waals surface area contributed by atoms with E-state index in [1.807, 2.05) is 39.8 Å². The van der Waals surface area contributed by atoms with E-state index in [4.69, 9.17) is 9.47 Å². The molecule has 21 heavy (non-hydrogen) atoms. The van der Waals surface area contributed by atoms with Crippen LogP contribution in [0.2, 0.25) is 0 Å². The first-order valence-corrected chi connectivity index (χ1v) is 8.14. The minimum Gasteiger partial charge on any atom is -0.492 e. The van der Waals surface area contributed by atoms with Gasteiger partial charge in [-0.15, -0.1) is 0 Å². The zero-order chi connectivity index (χ0) is 16.0. The highest BCUT2D eigenvalue weighted by Gasteiger charge is 2.15. The second-order valence-electron chi connectivity index (χ2n) is 5.30. The van der Waals surface area contributed by atoms with Crippen LogP contribution in [0.4, 0.5) is 4.79 Å². The third kappa shape index (κ3) is 6.67. The molecule has 7 heteroatoms. The number of ether oxygens (including phenoxy) is 2.